The lowest BCUT2D eigenvalue weighted by Crippen LogP contribution is -1.99. The molecule has 3 heteroatoms. The van der Waals surface area contributed by atoms with Crippen LogP contribution in [0, 0.1) is 0 Å². The number of ketones is 1. The first-order valence-corrected chi connectivity index (χ1v) is 3.96. The Bertz CT molecular complexity index is 286. The lowest BCUT2D eigenvalue weighted by Gasteiger charge is -1.97. The maximum atomic E-state index is 11.8. The van der Waals surface area contributed by atoms with Gasteiger partial charge in [0.25, 0.3) is 0 Å². The summed E-state index contributed by atoms with van der Waals surface area (Å²) in [6, 6.07) is 6.52. The van der Waals surface area contributed by atoms with Gasteiger partial charge in [0.1, 0.15) is 0 Å². The Hall–Kier alpha value is -0.890. The highest BCUT2D eigenvalue weighted by Crippen LogP contribution is 2.12. The zero-order chi connectivity index (χ0) is 8.97. The number of halogens is 2. The van der Waals surface area contributed by atoms with E-state index < -0.39 is 6.67 Å². The number of benzene rings is 1. The second kappa shape index (κ2) is 4.21. The largest absolute Gasteiger partial charge is 0.294 e. The minimum atomic E-state index is -0.620. The first-order valence-electron chi connectivity index (χ1n) is 3.59. The van der Waals surface area contributed by atoms with E-state index in [0.29, 0.717) is 10.6 Å². The number of hydrogen-bond donors (Lipinski definition) is 0. The van der Waals surface area contributed by atoms with Gasteiger partial charge in [-0.05, 0) is 12.1 Å². The highest BCUT2D eigenvalue weighted by Gasteiger charge is 2.04. The van der Waals surface area contributed by atoms with Crippen molar-refractivity contribution in [2.45, 2.75) is 6.42 Å². The van der Waals surface area contributed by atoms with Crippen LogP contribution in [0.2, 0.25) is 5.02 Å². The molecule has 0 aliphatic heterocycles. The Morgan fingerprint density at radius 2 is 2.25 bits per heavy atom. The van der Waals surface area contributed by atoms with Crippen molar-refractivity contribution in [2.24, 2.45) is 0 Å². The fourth-order valence-corrected chi connectivity index (χ4v) is 1.08. The Kier molecular flexibility index (Phi) is 3.23. The molecule has 0 heterocycles. The van der Waals surface area contributed by atoms with Crippen LogP contribution in [0.1, 0.15) is 16.8 Å². The van der Waals surface area contributed by atoms with E-state index in [4.69, 9.17) is 11.6 Å². The van der Waals surface area contributed by atoms with Crippen LogP contribution in [-0.4, -0.2) is 12.5 Å². The fraction of sp³-hybridized carbons (Fsp3) is 0.222. The monoisotopic (exact) mass is 186 g/mol. The number of rotatable bonds is 3. The molecule has 1 nitrogen and oxygen atoms in total. The highest BCUT2D eigenvalue weighted by atomic mass is 35.5. The lowest BCUT2D eigenvalue weighted by molar-refractivity contribution is 0.0974. The normalized spacial score (nSPS) is 9.83. The average Bonchev–Trinajstić information content (AvgIpc) is 2.05. The molecule has 0 radical (unpaired) electrons. The van der Waals surface area contributed by atoms with Gasteiger partial charge in [-0.2, -0.15) is 0 Å². The molecule has 12 heavy (non-hydrogen) atoms. The van der Waals surface area contributed by atoms with Gasteiger partial charge in [0.05, 0.1) is 6.67 Å². The third-order valence-electron chi connectivity index (χ3n) is 1.47. The Morgan fingerprint density at radius 3 is 2.83 bits per heavy atom. The van der Waals surface area contributed by atoms with Gasteiger partial charge in [0, 0.05) is 17.0 Å². The standard InChI is InChI=1S/C9H8ClFO/c10-8-3-1-2-7(6-8)9(12)4-5-11/h1-3,6H,4-5H2. The zero-order valence-corrected chi connectivity index (χ0v) is 7.14. The fourth-order valence-electron chi connectivity index (χ4n) is 0.892. The molecule has 0 atom stereocenters. The number of carbonyl (C=O) groups is 1. The molecule has 0 aliphatic rings. The molecule has 0 N–H and O–H groups in total. The SMILES string of the molecule is O=C(CCF)c1cccc(Cl)c1. The third-order valence-corrected chi connectivity index (χ3v) is 1.70. The van der Waals surface area contributed by atoms with Gasteiger partial charge in [0.2, 0.25) is 0 Å². The average molecular weight is 187 g/mol. The molecule has 0 saturated carbocycles. The predicted octanol–water partition coefficient (Wildman–Crippen LogP) is 2.88. The molecule has 0 aromatic heterocycles. The van der Waals surface area contributed by atoms with Crippen molar-refractivity contribution in [1.29, 1.82) is 0 Å². The van der Waals surface area contributed by atoms with Crippen molar-refractivity contribution in [3.8, 4) is 0 Å². The molecule has 1 aromatic rings. The Morgan fingerprint density at radius 1 is 1.50 bits per heavy atom. The van der Waals surface area contributed by atoms with Crippen molar-refractivity contribution >= 4 is 17.4 Å². The van der Waals surface area contributed by atoms with E-state index in [1.165, 1.54) is 0 Å². The number of carbonyl (C=O) groups excluding carboxylic acids is 1. The molecule has 1 rings (SSSR count). The summed E-state index contributed by atoms with van der Waals surface area (Å²) in [5, 5.41) is 0.500. The molecule has 0 amide bonds. The predicted molar refractivity (Wildman–Crippen MR) is 46.4 cm³/mol. The van der Waals surface area contributed by atoms with Crippen LogP contribution < -0.4 is 0 Å². The molecular weight excluding hydrogens is 179 g/mol. The minimum Gasteiger partial charge on any atom is -0.294 e. The van der Waals surface area contributed by atoms with Crippen LogP contribution in [0.4, 0.5) is 4.39 Å². The first kappa shape index (κ1) is 9.20. The maximum absolute atomic E-state index is 11.8. The number of hydrogen-bond acceptors (Lipinski definition) is 1. The molecule has 0 spiro atoms. The van der Waals surface area contributed by atoms with Crippen LogP contribution >= 0.6 is 11.6 Å². The number of alkyl halides is 1. The van der Waals surface area contributed by atoms with E-state index in [1.807, 2.05) is 0 Å². The third kappa shape index (κ3) is 2.31. The van der Waals surface area contributed by atoms with Crippen LogP contribution in [0.5, 0.6) is 0 Å². The Labute approximate surface area is 75.2 Å². The van der Waals surface area contributed by atoms with E-state index in [-0.39, 0.29) is 12.2 Å². The van der Waals surface area contributed by atoms with E-state index in [1.54, 1.807) is 24.3 Å². The summed E-state index contributed by atoms with van der Waals surface area (Å²) in [7, 11) is 0. The van der Waals surface area contributed by atoms with E-state index in [9.17, 15) is 9.18 Å². The van der Waals surface area contributed by atoms with Crippen molar-refractivity contribution in [3.05, 3.63) is 34.9 Å². The summed E-state index contributed by atoms with van der Waals surface area (Å²) in [6.45, 7) is -0.620. The van der Waals surface area contributed by atoms with Crippen LogP contribution in [0.3, 0.4) is 0 Å². The van der Waals surface area contributed by atoms with Gasteiger partial charge in [-0.15, -0.1) is 0 Å². The van der Waals surface area contributed by atoms with Crippen molar-refractivity contribution < 1.29 is 9.18 Å². The van der Waals surface area contributed by atoms with Crippen molar-refractivity contribution in [2.75, 3.05) is 6.67 Å². The van der Waals surface area contributed by atoms with Gasteiger partial charge < -0.3 is 0 Å². The van der Waals surface area contributed by atoms with Gasteiger partial charge >= 0.3 is 0 Å². The quantitative estimate of drug-likeness (QED) is 0.664. The Balaban J connectivity index is 2.81. The van der Waals surface area contributed by atoms with Gasteiger partial charge in [-0.3, -0.25) is 9.18 Å². The molecule has 1 aromatic carbocycles. The maximum Gasteiger partial charge on any atom is 0.165 e. The van der Waals surface area contributed by atoms with E-state index >= 15 is 0 Å². The molecule has 0 bridgehead atoms. The molecule has 64 valence electrons. The molecule has 0 saturated heterocycles. The topological polar surface area (TPSA) is 17.1 Å². The molecule has 0 aliphatic carbocycles. The highest BCUT2D eigenvalue weighted by molar-refractivity contribution is 6.31. The summed E-state index contributed by atoms with van der Waals surface area (Å²) >= 11 is 5.64. The van der Waals surface area contributed by atoms with Crippen molar-refractivity contribution in [1.82, 2.24) is 0 Å². The van der Waals surface area contributed by atoms with Gasteiger partial charge in [-0.1, -0.05) is 23.7 Å². The number of Topliss-reactive ketones (excluding diaryl/α,β-unsaturated/α-hetero) is 1. The summed E-state index contributed by atoms with van der Waals surface area (Å²) < 4.78 is 11.8. The van der Waals surface area contributed by atoms with E-state index in [2.05, 4.69) is 0 Å². The zero-order valence-electron chi connectivity index (χ0n) is 6.39. The van der Waals surface area contributed by atoms with Gasteiger partial charge in [-0.25, -0.2) is 0 Å². The summed E-state index contributed by atoms with van der Waals surface area (Å²) in [5.41, 5.74) is 0.472. The smallest absolute Gasteiger partial charge is 0.165 e. The molecule has 0 fully saturated rings. The molecular formula is C9H8ClFO. The lowest BCUT2D eigenvalue weighted by atomic mass is 10.1. The second-order valence-corrected chi connectivity index (χ2v) is 2.81. The van der Waals surface area contributed by atoms with Crippen LogP contribution in [0.15, 0.2) is 24.3 Å². The van der Waals surface area contributed by atoms with Crippen molar-refractivity contribution in [3.63, 3.8) is 0 Å². The second-order valence-electron chi connectivity index (χ2n) is 2.37. The summed E-state index contributed by atoms with van der Waals surface area (Å²) in [4.78, 5) is 11.1. The minimum absolute atomic E-state index is 0.0691. The van der Waals surface area contributed by atoms with E-state index in [0.717, 1.165) is 0 Å². The van der Waals surface area contributed by atoms with Crippen LogP contribution in [-0.2, 0) is 0 Å². The molecule has 0 unspecified atom stereocenters. The summed E-state index contributed by atoms with van der Waals surface area (Å²) in [6.07, 6.45) is -0.0691. The first-order chi connectivity index (χ1) is 5.74. The van der Waals surface area contributed by atoms with Crippen LogP contribution in [0.25, 0.3) is 0 Å². The summed E-state index contributed by atoms with van der Waals surface area (Å²) in [5.74, 6) is -0.208. The van der Waals surface area contributed by atoms with Gasteiger partial charge in [0.15, 0.2) is 5.78 Å².